The van der Waals surface area contributed by atoms with Crippen molar-refractivity contribution in [3.8, 4) is 0 Å². The van der Waals surface area contributed by atoms with Gasteiger partial charge in [-0.2, -0.15) is 0 Å². The minimum absolute atomic E-state index is 0.118. The number of furan rings is 1. The fourth-order valence-electron chi connectivity index (χ4n) is 2.35. The first-order valence-corrected chi connectivity index (χ1v) is 9.81. The predicted octanol–water partition coefficient (Wildman–Crippen LogP) is 5.02. The Morgan fingerprint density at radius 1 is 1.42 bits per heavy atom. The number of fused-ring (bicyclic) bond motifs is 1. The highest BCUT2D eigenvalue weighted by molar-refractivity contribution is 8.00. The van der Waals surface area contributed by atoms with Crippen molar-refractivity contribution in [2.45, 2.75) is 43.3 Å². The number of carbonyl (C=O) groups excluding carboxylic acids is 1. The highest BCUT2D eigenvalue weighted by atomic mass is 32.2. The van der Waals surface area contributed by atoms with Crippen molar-refractivity contribution in [1.29, 1.82) is 0 Å². The van der Waals surface area contributed by atoms with Crippen LogP contribution in [-0.4, -0.2) is 16.9 Å². The van der Waals surface area contributed by atoms with Crippen molar-refractivity contribution in [2.75, 3.05) is 0 Å². The molecule has 2 aromatic heterocycles. The zero-order valence-corrected chi connectivity index (χ0v) is 15.6. The fraction of sp³-hybridized carbons (Fsp3) is 0.333. The Balaban J connectivity index is 1.91. The average Bonchev–Trinajstić information content (AvgIpc) is 3.16. The number of aromatic nitrogens is 1. The molecule has 126 valence electrons. The molecule has 0 aliphatic carbocycles. The summed E-state index contributed by atoms with van der Waals surface area (Å²) in [5.74, 6) is 0.927. The molecule has 1 N–H and O–H groups in total. The van der Waals surface area contributed by atoms with E-state index in [1.807, 2.05) is 50.4 Å². The molecule has 1 aromatic carbocycles. The summed E-state index contributed by atoms with van der Waals surface area (Å²) in [6, 6.07) is 7.91. The van der Waals surface area contributed by atoms with Gasteiger partial charge in [0.2, 0.25) is 0 Å². The number of benzene rings is 1. The lowest BCUT2D eigenvalue weighted by Gasteiger charge is -2.10. The van der Waals surface area contributed by atoms with Crippen LogP contribution in [0.5, 0.6) is 0 Å². The monoisotopic (exact) mass is 360 g/mol. The maximum atomic E-state index is 12.6. The molecular formula is C18H20N2O2S2. The molecular weight excluding hydrogens is 340 g/mol. The first-order valence-electron chi connectivity index (χ1n) is 7.94. The predicted molar refractivity (Wildman–Crippen MR) is 99.8 cm³/mol. The zero-order valence-electron chi connectivity index (χ0n) is 14.0. The SMILES string of the molecule is CC[C@H](C)NC(=O)c1oc2ccccc2c1CSc1nc(C)cs1. The molecule has 0 radical (unpaired) electrons. The van der Waals surface area contributed by atoms with Crippen molar-refractivity contribution in [3.05, 3.63) is 46.7 Å². The van der Waals surface area contributed by atoms with Gasteiger partial charge >= 0.3 is 0 Å². The van der Waals surface area contributed by atoms with Gasteiger partial charge in [-0.05, 0) is 26.3 Å². The van der Waals surface area contributed by atoms with Crippen LogP contribution in [0, 0.1) is 6.92 Å². The maximum Gasteiger partial charge on any atom is 0.287 e. The quantitative estimate of drug-likeness (QED) is 0.627. The molecule has 0 bridgehead atoms. The standard InChI is InChI=1S/C18H20N2O2S2/c1-4-11(2)19-17(21)16-14(10-24-18-20-12(3)9-23-18)13-7-5-6-8-15(13)22-16/h5-9,11H,4,10H2,1-3H3,(H,19,21)/t11-/m0/s1. The van der Waals surface area contributed by atoms with Gasteiger partial charge < -0.3 is 9.73 Å². The smallest absolute Gasteiger partial charge is 0.287 e. The van der Waals surface area contributed by atoms with Crippen LogP contribution in [0.15, 0.2) is 38.4 Å². The molecule has 1 atom stereocenters. The summed E-state index contributed by atoms with van der Waals surface area (Å²) >= 11 is 3.26. The Hall–Kier alpha value is -1.79. The number of nitrogens with one attached hydrogen (secondary N) is 1. The van der Waals surface area contributed by atoms with Gasteiger partial charge in [-0.1, -0.05) is 36.9 Å². The number of hydrogen-bond donors (Lipinski definition) is 1. The normalized spacial score (nSPS) is 12.5. The first-order chi connectivity index (χ1) is 11.6. The summed E-state index contributed by atoms with van der Waals surface area (Å²) in [5.41, 5.74) is 2.70. The van der Waals surface area contributed by atoms with Crippen LogP contribution in [0.1, 0.15) is 42.1 Å². The lowest BCUT2D eigenvalue weighted by atomic mass is 10.1. The van der Waals surface area contributed by atoms with Gasteiger partial charge in [0.1, 0.15) is 9.92 Å². The molecule has 0 aliphatic heterocycles. The van der Waals surface area contributed by atoms with Crippen LogP contribution in [0.3, 0.4) is 0 Å². The Kier molecular flexibility index (Phi) is 5.26. The second-order valence-corrected chi connectivity index (χ2v) is 7.81. The summed E-state index contributed by atoms with van der Waals surface area (Å²) in [6.07, 6.45) is 0.883. The summed E-state index contributed by atoms with van der Waals surface area (Å²) in [7, 11) is 0. The highest BCUT2D eigenvalue weighted by Gasteiger charge is 2.21. The van der Waals surface area contributed by atoms with Gasteiger partial charge in [-0.3, -0.25) is 4.79 Å². The number of thiazole rings is 1. The first kappa shape index (κ1) is 17.0. The zero-order chi connectivity index (χ0) is 17.1. The van der Waals surface area contributed by atoms with Crippen molar-refractivity contribution < 1.29 is 9.21 Å². The van der Waals surface area contributed by atoms with Crippen LogP contribution >= 0.6 is 23.1 Å². The van der Waals surface area contributed by atoms with Crippen molar-refractivity contribution in [3.63, 3.8) is 0 Å². The second kappa shape index (κ2) is 7.40. The molecule has 3 rings (SSSR count). The van der Waals surface area contributed by atoms with E-state index in [4.69, 9.17) is 4.42 Å². The minimum atomic E-state index is -0.147. The minimum Gasteiger partial charge on any atom is -0.451 e. The topological polar surface area (TPSA) is 55.1 Å². The Morgan fingerprint density at radius 2 is 2.21 bits per heavy atom. The average molecular weight is 361 g/mol. The van der Waals surface area contributed by atoms with Crippen LogP contribution in [0.2, 0.25) is 0 Å². The number of aryl methyl sites for hydroxylation is 1. The van der Waals surface area contributed by atoms with E-state index in [1.165, 1.54) is 0 Å². The number of hydrogen-bond acceptors (Lipinski definition) is 5. The summed E-state index contributed by atoms with van der Waals surface area (Å²) < 4.78 is 6.86. The maximum absolute atomic E-state index is 12.6. The van der Waals surface area contributed by atoms with E-state index in [9.17, 15) is 4.79 Å². The largest absolute Gasteiger partial charge is 0.451 e. The van der Waals surface area contributed by atoms with E-state index in [1.54, 1.807) is 23.1 Å². The van der Waals surface area contributed by atoms with E-state index in [0.717, 1.165) is 33.0 Å². The Labute approximate surface area is 149 Å². The number of para-hydroxylation sites is 1. The lowest BCUT2D eigenvalue weighted by Crippen LogP contribution is -2.32. The lowest BCUT2D eigenvalue weighted by molar-refractivity contribution is 0.0912. The van der Waals surface area contributed by atoms with Crippen LogP contribution < -0.4 is 5.32 Å². The van der Waals surface area contributed by atoms with Crippen molar-refractivity contribution in [1.82, 2.24) is 10.3 Å². The molecule has 3 aromatic rings. The molecule has 0 aliphatic rings. The highest BCUT2D eigenvalue weighted by Crippen LogP contribution is 2.33. The summed E-state index contributed by atoms with van der Waals surface area (Å²) in [5, 5.41) is 6.02. The van der Waals surface area contributed by atoms with Crippen molar-refractivity contribution in [2.24, 2.45) is 0 Å². The number of nitrogens with zero attached hydrogens (tertiary/aromatic N) is 1. The molecule has 4 nitrogen and oxygen atoms in total. The molecule has 0 unspecified atom stereocenters. The van der Waals surface area contributed by atoms with Gasteiger partial charge in [0.25, 0.3) is 5.91 Å². The second-order valence-electron chi connectivity index (χ2n) is 5.73. The van der Waals surface area contributed by atoms with E-state index in [-0.39, 0.29) is 11.9 Å². The van der Waals surface area contributed by atoms with Crippen molar-refractivity contribution >= 4 is 40.0 Å². The summed E-state index contributed by atoms with van der Waals surface area (Å²) in [6.45, 7) is 6.03. The molecule has 1 amide bonds. The van der Waals surface area contributed by atoms with E-state index >= 15 is 0 Å². The van der Waals surface area contributed by atoms with Gasteiger partial charge in [-0.15, -0.1) is 11.3 Å². The molecule has 24 heavy (non-hydrogen) atoms. The Bertz CT molecular complexity index is 854. The third-order valence-electron chi connectivity index (χ3n) is 3.83. The number of thioether (sulfide) groups is 1. The molecule has 0 spiro atoms. The van der Waals surface area contributed by atoms with Gasteiger partial charge in [0.05, 0.1) is 0 Å². The Morgan fingerprint density at radius 3 is 2.92 bits per heavy atom. The summed E-state index contributed by atoms with van der Waals surface area (Å²) in [4.78, 5) is 17.1. The molecule has 0 saturated carbocycles. The number of rotatable bonds is 6. The van der Waals surface area contributed by atoms with E-state index in [0.29, 0.717) is 11.5 Å². The van der Waals surface area contributed by atoms with E-state index < -0.39 is 0 Å². The third kappa shape index (κ3) is 3.65. The number of amides is 1. The molecule has 6 heteroatoms. The van der Waals surface area contributed by atoms with Crippen LogP contribution in [0.25, 0.3) is 11.0 Å². The van der Waals surface area contributed by atoms with Gasteiger partial charge in [0, 0.05) is 33.8 Å². The van der Waals surface area contributed by atoms with Crippen LogP contribution in [0.4, 0.5) is 0 Å². The molecule has 0 fully saturated rings. The molecule has 0 saturated heterocycles. The molecule has 2 heterocycles. The van der Waals surface area contributed by atoms with E-state index in [2.05, 4.69) is 10.3 Å². The number of carbonyl (C=O) groups is 1. The fourth-order valence-corrected chi connectivity index (χ4v) is 4.23. The van der Waals surface area contributed by atoms with Gasteiger partial charge in [-0.25, -0.2) is 4.98 Å². The van der Waals surface area contributed by atoms with Crippen LogP contribution in [-0.2, 0) is 5.75 Å². The third-order valence-corrected chi connectivity index (χ3v) is 6.00. The van der Waals surface area contributed by atoms with Gasteiger partial charge in [0.15, 0.2) is 5.76 Å².